The largest absolute Gasteiger partial charge is 0.495 e. The first kappa shape index (κ1) is 15.9. The van der Waals surface area contributed by atoms with Crippen molar-refractivity contribution in [3.05, 3.63) is 45.9 Å². The zero-order valence-corrected chi connectivity index (χ0v) is 14.1. The number of nitrogens with two attached hydrogens (primary N) is 1. The molecule has 0 aromatic heterocycles. The van der Waals surface area contributed by atoms with Gasteiger partial charge in [0, 0.05) is 10.5 Å². The predicted molar refractivity (Wildman–Crippen MR) is 87.4 cm³/mol. The quantitative estimate of drug-likeness (QED) is 0.782. The average Bonchev–Trinajstić information content (AvgIpc) is 2.40. The maximum atomic E-state index is 12.3. The summed E-state index contributed by atoms with van der Waals surface area (Å²) >= 11 is 9.13. The molecule has 0 aliphatic heterocycles. The summed E-state index contributed by atoms with van der Waals surface area (Å²) in [6, 6.07) is 9.13. The molecule has 0 aliphatic rings. The third-order valence-electron chi connectivity index (χ3n) is 2.66. The molecule has 0 aliphatic carbocycles. The second kappa shape index (κ2) is 6.13. The highest BCUT2D eigenvalue weighted by atomic mass is 79.9. The Morgan fingerprint density at radius 1 is 1.24 bits per heavy atom. The Morgan fingerprint density at radius 3 is 2.57 bits per heavy atom. The molecule has 0 heterocycles. The third-order valence-corrected chi connectivity index (χ3v) is 4.93. The van der Waals surface area contributed by atoms with Crippen LogP contribution in [-0.4, -0.2) is 15.5 Å². The zero-order chi connectivity index (χ0) is 15.6. The van der Waals surface area contributed by atoms with E-state index in [1.165, 1.54) is 31.4 Å². The van der Waals surface area contributed by atoms with Crippen LogP contribution in [0.2, 0.25) is 5.02 Å². The molecule has 0 saturated heterocycles. The second-order valence-corrected chi connectivity index (χ2v) is 7.11. The van der Waals surface area contributed by atoms with Crippen LogP contribution >= 0.6 is 27.5 Å². The Kier molecular flexibility index (Phi) is 4.65. The summed E-state index contributed by atoms with van der Waals surface area (Å²) < 4.78 is 32.9. The minimum absolute atomic E-state index is 0.000355. The molecule has 0 radical (unpaired) electrons. The summed E-state index contributed by atoms with van der Waals surface area (Å²) in [6.07, 6.45) is 0. The number of benzene rings is 2. The maximum Gasteiger partial charge on any atom is 0.263 e. The molecule has 2 rings (SSSR count). The molecule has 2 aromatic rings. The van der Waals surface area contributed by atoms with Gasteiger partial charge in [-0.3, -0.25) is 4.72 Å². The van der Waals surface area contributed by atoms with Gasteiger partial charge < -0.3 is 10.5 Å². The van der Waals surface area contributed by atoms with Crippen LogP contribution in [0.4, 0.5) is 11.4 Å². The first-order chi connectivity index (χ1) is 9.83. The van der Waals surface area contributed by atoms with Crippen molar-refractivity contribution in [3.63, 3.8) is 0 Å². The summed E-state index contributed by atoms with van der Waals surface area (Å²) in [5.41, 5.74) is 6.23. The molecule has 112 valence electrons. The van der Waals surface area contributed by atoms with E-state index in [1.807, 2.05) is 0 Å². The molecule has 8 heteroatoms. The molecule has 0 atom stereocenters. The van der Waals surface area contributed by atoms with Crippen LogP contribution in [0.15, 0.2) is 45.8 Å². The lowest BCUT2D eigenvalue weighted by atomic mass is 10.3. The van der Waals surface area contributed by atoms with Gasteiger partial charge in [-0.25, -0.2) is 8.42 Å². The van der Waals surface area contributed by atoms with Gasteiger partial charge in [-0.2, -0.15) is 0 Å². The molecule has 0 saturated carbocycles. The van der Waals surface area contributed by atoms with E-state index in [1.54, 1.807) is 12.1 Å². The fourth-order valence-electron chi connectivity index (χ4n) is 1.70. The van der Waals surface area contributed by atoms with Crippen LogP contribution < -0.4 is 15.2 Å². The van der Waals surface area contributed by atoms with Crippen molar-refractivity contribution in [2.75, 3.05) is 17.6 Å². The Balaban J connectivity index is 2.37. The van der Waals surface area contributed by atoms with Crippen LogP contribution in [0.3, 0.4) is 0 Å². The van der Waals surface area contributed by atoms with Crippen molar-refractivity contribution in [2.45, 2.75) is 4.90 Å². The Labute approximate surface area is 136 Å². The number of halogens is 2. The van der Waals surface area contributed by atoms with Crippen molar-refractivity contribution >= 4 is 48.9 Å². The fraction of sp³-hybridized carbons (Fsp3) is 0.0769. The molecule has 0 fully saturated rings. The molecule has 3 N–H and O–H groups in total. The normalized spacial score (nSPS) is 11.2. The van der Waals surface area contributed by atoms with Gasteiger partial charge in [0.25, 0.3) is 10.0 Å². The molecule has 0 spiro atoms. The summed E-state index contributed by atoms with van der Waals surface area (Å²) in [5.74, 6) is 0.376. The minimum atomic E-state index is -3.79. The number of rotatable bonds is 4. The molecule has 2 aromatic carbocycles. The first-order valence-corrected chi connectivity index (χ1v) is 8.40. The SMILES string of the molecule is COc1cc(NS(=O)(=O)c2ccc(Br)cc2N)ccc1Cl. The second-order valence-electron chi connectivity index (χ2n) is 4.14. The Morgan fingerprint density at radius 2 is 1.95 bits per heavy atom. The summed E-state index contributed by atoms with van der Waals surface area (Å²) in [4.78, 5) is -0.000355. The van der Waals surface area contributed by atoms with E-state index in [-0.39, 0.29) is 10.6 Å². The van der Waals surface area contributed by atoms with Gasteiger partial charge >= 0.3 is 0 Å². The van der Waals surface area contributed by atoms with Crippen molar-refractivity contribution in [1.29, 1.82) is 0 Å². The molecule has 21 heavy (non-hydrogen) atoms. The van der Waals surface area contributed by atoms with Gasteiger partial charge in [0.05, 0.1) is 23.5 Å². The summed E-state index contributed by atoms with van der Waals surface area (Å²) in [7, 11) is -2.34. The van der Waals surface area contributed by atoms with E-state index >= 15 is 0 Å². The molecular formula is C13H12BrClN2O3S. The Hall–Kier alpha value is -1.44. The van der Waals surface area contributed by atoms with Crippen molar-refractivity contribution in [1.82, 2.24) is 0 Å². The van der Waals surface area contributed by atoms with E-state index < -0.39 is 10.0 Å². The lowest BCUT2D eigenvalue weighted by Gasteiger charge is -2.12. The number of hydrogen-bond acceptors (Lipinski definition) is 4. The molecule has 0 bridgehead atoms. The van der Waals surface area contributed by atoms with Crippen LogP contribution in [0.1, 0.15) is 0 Å². The number of hydrogen-bond donors (Lipinski definition) is 2. The standard InChI is InChI=1S/C13H12BrClN2O3S/c1-20-12-7-9(3-4-10(12)15)17-21(18,19)13-5-2-8(14)6-11(13)16/h2-7,17H,16H2,1H3. The maximum absolute atomic E-state index is 12.3. The topological polar surface area (TPSA) is 81.4 Å². The van der Waals surface area contributed by atoms with Crippen LogP contribution in [0.25, 0.3) is 0 Å². The highest BCUT2D eigenvalue weighted by molar-refractivity contribution is 9.10. The summed E-state index contributed by atoms with van der Waals surface area (Å²) in [5, 5.41) is 0.392. The molecular weight excluding hydrogens is 380 g/mol. The van der Waals surface area contributed by atoms with Crippen LogP contribution in [-0.2, 0) is 10.0 Å². The molecule has 0 amide bonds. The van der Waals surface area contributed by atoms with E-state index in [0.717, 1.165) is 0 Å². The van der Waals surface area contributed by atoms with Crippen LogP contribution in [0.5, 0.6) is 5.75 Å². The monoisotopic (exact) mass is 390 g/mol. The van der Waals surface area contributed by atoms with E-state index in [9.17, 15) is 8.42 Å². The lowest BCUT2D eigenvalue weighted by Crippen LogP contribution is -2.14. The molecule has 0 unspecified atom stereocenters. The lowest BCUT2D eigenvalue weighted by molar-refractivity contribution is 0.415. The van der Waals surface area contributed by atoms with Gasteiger partial charge in [0.15, 0.2) is 0 Å². The first-order valence-electron chi connectivity index (χ1n) is 5.75. The van der Waals surface area contributed by atoms with Gasteiger partial charge in [-0.1, -0.05) is 27.5 Å². The van der Waals surface area contributed by atoms with Crippen molar-refractivity contribution in [2.24, 2.45) is 0 Å². The Bertz CT molecular complexity index is 781. The number of methoxy groups -OCH3 is 1. The number of sulfonamides is 1. The van der Waals surface area contributed by atoms with Crippen LogP contribution in [0, 0.1) is 0 Å². The highest BCUT2D eigenvalue weighted by Crippen LogP contribution is 2.30. The van der Waals surface area contributed by atoms with E-state index in [2.05, 4.69) is 20.7 Å². The fourth-order valence-corrected chi connectivity index (χ4v) is 3.43. The van der Waals surface area contributed by atoms with Crippen molar-refractivity contribution in [3.8, 4) is 5.75 Å². The smallest absolute Gasteiger partial charge is 0.263 e. The van der Waals surface area contributed by atoms with Gasteiger partial charge in [0.1, 0.15) is 10.6 Å². The van der Waals surface area contributed by atoms with Gasteiger partial charge in [0.2, 0.25) is 0 Å². The predicted octanol–water partition coefficient (Wildman–Crippen LogP) is 3.49. The van der Waals surface area contributed by atoms with E-state index in [0.29, 0.717) is 20.9 Å². The highest BCUT2D eigenvalue weighted by Gasteiger charge is 2.18. The summed E-state index contributed by atoms with van der Waals surface area (Å²) in [6.45, 7) is 0. The number of nitrogen functional groups attached to an aromatic ring is 1. The number of nitrogens with one attached hydrogen (secondary N) is 1. The minimum Gasteiger partial charge on any atom is -0.495 e. The number of ether oxygens (including phenoxy) is 1. The van der Waals surface area contributed by atoms with Gasteiger partial charge in [-0.05, 0) is 30.3 Å². The average molecular weight is 392 g/mol. The number of anilines is 2. The van der Waals surface area contributed by atoms with Gasteiger partial charge in [-0.15, -0.1) is 0 Å². The van der Waals surface area contributed by atoms with E-state index in [4.69, 9.17) is 22.1 Å². The molecule has 5 nitrogen and oxygen atoms in total. The van der Waals surface area contributed by atoms with Crippen molar-refractivity contribution < 1.29 is 13.2 Å². The third kappa shape index (κ3) is 3.61. The zero-order valence-electron chi connectivity index (χ0n) is 10.9.